The van der Waals surface area contributed by atoms with E-state index < -0.39 is 16.1 Å². The molecule has 0 heterocycles. The predicted octanol–water partition coefficient (Wildman–Crippen LogP) is 3.21. The summed E-state index contributed by atoms with van der Waals surface area (Å²) in [6.07, 6.45) is 0. The molecule has 0 aliphatic carbocycles. The normalized spacial score (nSPS) is 13.1. The minimum atomic E-state index is -3.74. The molecule has 0 saturated heterocycles. The van der Waals surface area contributed by atoms with E-state index in [1.165, 1.54) is 30.3 Å². The summed E-state index contributed by atoms with van der Waals surface area (Å²) in [6.45, 7) is 1.69. The van der Waals surface area contributed by atoms with E-state index in [0.29, 0.717) is 15.7 Å². The van der Waals surface area contributed by atoms with Gasteiger partial charge in [-0.05, 0) is 58.7 Å². The van der Waals surface area contributed by atoms with Gasteiger partial charge in [0.15, 0.2) is 0 Å². The number of anilines is 1. The molecular weight excluding hydrogens is 359 g/mol. The first-order valence-corrected chi connectivity index (χ1v) is 8.40. The number of sulfonamides is 1. The van der Waals surface area contributed by atoms with Crippen LogP contribution in [0.4, 0.5) is 10.1 Å². The molecule has 0 aliphatic heterocycles. The van der Waals surface area contributed by atoms with E-state index >= 15 is 0 Å². The molecule has 0 aliphatic rings. The second-order valence-electron chi connectivity index (χ2n) is 4.58. The van der Waals surface area contributed by atoms with E-state index in [1.807, 2.05) is 0 Å². The van der Waals surface area contributed by atoms with Gasteiger partial charge in [0, 0.05) is 16.2 Å². The van der Waals surface area contributed by atoms with Gasteiger partial charge in [-0.2, -0.15) is 0 Å². The molecule has 1 atom stereocenters. The van der Waals surface area contributed by atoms with Crippen molar-refractivity contribution < 1.29 is 12.8 Å². The van der Waals surface area contributed by atoms with E-state index in [2.05, 4.69) is 20.7 Å². The lowest BCUT2D eigenvalue weighted by Crippen LogP contribution is -2.27. The minimum absolute atomic E-state index is 0.0662. The van der Waals surface area contributed by atoms with Gasteiger partial charge in [0.05, 0.1) is 4.90 Å². The van der Waals surface area contributed by atoms with Crippen LogP contribution in [0.1, 0.15) is 18.5 Å². The summed E-state index contributed by atoms with van der Waals surface area (Å²) < 4.78 is 40.6. The maximum atomic E-state index is 12.9. The molecule has 0 radical (unpaired) electrons. The predicted molar refractivity (Wildman–Crippen MR) is 83.7 cm³/mol. The number of nitrogen functional groups attached to an aromatic ring is 1. The van der Waals surface area contributed by atoms with Crippen LogP contribution in [0, 0.1) is 5.82 Å². The van der Waals surface area contributed by atoms with Crippen LogP contribution in [0.25, 0.3) is 0 Å². The van der Waals surface area contributed by atoms with Crippen LogP contribution in [-0.4, -0.2) is 8.42 Å². The SMILES string of the molecule is CC(NS(=O)(=O)c1cc(N)ccc1Br)c1ccc(F)cc1. The molecule has 21 heavy (non-hydrogen) atoms. The maximum Gasteiger partial charge on any atom is 0.242 e. The zero-order valence-electron chi connectivity index (χ0n) is 11.2. The van der Waals surface area contributed by atoms with E-state index in [9.17, 15) is 12.8 Å². The molecular formula is C14H14BrFN2O2S. The van der Waals surface area contributed by atoms with Gasteiger partial charge in [0.1, 0.15) is 5.82 Å². The van der Waals surface area contributed by atoms with E-state index in [-0.39, 0.29) is 10.7 Å². The number of hydrogen-bond acceptors (Lipinski definition) is 3. The summed E-state index contributed by atoms with van der Waals surface area (Å²) in [4.78, 5) is 0.0662. The Hall–Kier alpha value is -1.44. The third-order valence-electron chi connectivity index (χ3n) is 2.95. The molecule has 3 N–H and O–H groups in total. The summed E-state index contributed by atoms with van der Waals surface area (Å²) in [6, 6.07) is 9.72. The average molecular weight is 373 g/mol. The van der Waals surface area contributed by atoms with Crippen LogP contribution in [0.3, 0.4) is 0 Å². The average Bonchev–Trinajstić information content (AvgIpc) is 2.41. The molecule has 4 nitrogen and oxygen atoms in total. The van der Waals surface area contributed by atoms with Crippen LogP contribution in [-0.2, 0) is 10.0 Å². The van der Waals surface area contributed by atoms with Crippen molar-refractivity contribution in [3.63, 3.8) is 0 Å². The monoisotopic (exact) mass is 372 g/mol. The summed E-state index contributed by atoms with van der Waals surface area (Å²) in [7, 11) is -3.74. The Bertz CT molecular complexity index is 748. The molecule has 2 aromatic carbocycles. The molecule has 0 aromatic heterocycles. The fourth-order valence-corrected chi connectivity index (χ4v) is 4.07. The molecule has 112 valence electrons. The topological polar surface area (TPSA) is 72.2 Å². The summed E-state index contributed by atoms with van der Waals surface area (Å²) in [5, 5.41) is 0. The third-order valence-corrected chi connectivity index (χ3v) is 5.48. The fraction of sp³-hybridized carbons (Fsp3) is 0.143. The number of rotatable bonds is 4. The van der Waals surface area contributed by atoms with Gasteiger partial charge in [0.2, 0.25) is 10.0 Å². The van der Waals surface area contributed by atoms with Gasteiger partial charge in [-0.3, -0.25) is 0 Å². The van der Waals surface area contributed by atoms with Crippen molar-refractivity contribution in [2.24, 2.45) is 0 Å². The van der Waals surface area contributed by atoms with Crippen LogP contribution in [0.2, 0.25) is 0 Å². The quantitative estimate of drug-likeness (QED) is 0.809. The van der Waals surface area contributed by atoms with Crippen molar-refractivity contribution in [1.82, 2.24) is 4.72 Å². The largest absolute Gasteiger partial charge is 0.399 e. The van der Waals surface area contributed by atoms with Gasteiger partial charge < -0.3 is 5.73 Å². The molecule has 0 amide bonds. The van der Waals surface area contributed by atoms with Gasteiger partial charge in [0.25, 0.3) is 0 Å². The number of benzene rings is 2. The lowest BCUT2D eigenvalue weighted by atomic mass is 10.1. The third kappa shape index (κ3) is 3.81. The van der Waals surface area contributed by atoms with Crippen LogP contribution in [0.5, 0.6) is 0 Å². The second-order valence-corrected chi connectivity index (χ2v) is 7.12. The molecule has 7 heteroatoms. The van der Waals surface area contributed by atoms with E-state index in [0.717, 1.165) is 0 Å². The highest BCUT2D eigenvalue weighted by atomic mass is 79.9. The van der Waals surface area contributed by atoms with E-state index in [1.54, 1.807) is 19.1 Å². The Morgan fingerprint density at radius 2 is 1.81 bits per heavy atom. The maximum absolute atomic E-state index is 12.9. The second kappa shape index (κ2) is 6.13. The lowest BCUT2D eigenvalue weighted by Gasteiger charge is -2.15. The summed E-state index contributed by atoms with van der Waals surface area (Å²) >= 11 is 3.20. The summed E-state index contributed by atoms with van der Waals surface area (Å²) in [5.74, 6) is -0.368. The van der Waals surface area contributed by atoms with Gasteiger partial charge in [-0.25, -0.2) is 17.5 Å². The van der Waals surface area contributed by atoms with E-state index in [4.69, 9.17) is 5.73 Å². The Balaban J connectivity index is 2.28. The molecule has 0 spiro atoms. The van der Waals surface area contributed by atoms with Crippen LogP contribution < -0.4 is 10.5 Å². The highest BCUT2D eigenvalue weighted by Crippen LogP contribution is 2.26. The van der Waals surface area contributed by atoms with Crippen molar-refractivity contribution in [3.05, 3.63) is 58.3 Å². The van der Waals surface area contributed by atoms with Crippen molar-refractivity contribution >= 4 is 31.6 Å². The molecule has 2 rings (SSSR count). The van der Waals surface area contributed by atoms with Crippen molar-refractivity contribution in [3.8, 4) is 0 Å². The van der Waals surface area contributed by atoms with Crippen LogP contribution >= 0.6 is 15.9 Å². The van der Waals surface area contributed by atoms with Crippen molar-refractivity contribution in [2.45, 2.75) is 17.9 Å². The highest BCUT2D eigenvalue weighted by Gasteiger charge is 2.21. The first-order valence-electron chi connectivity index (χ1n) is 6.12. The first-order chi connectivity index (χ1) is 9.79. The molecule has 0 bridgehead atoms. The Morgan fingerprint density at radius 3 is 2.43 bits per heavy atom. The molecule has 0 fully saturated rings. The Kier molecular flexibility index (Phi) is 4.65. The zero-order valence-corrected chi connectivity index (χ0v) is 13.6. The Labute approximate surface area is 131 Å². The van der Waals surface area contributed by atoms with Crippen molar-refractivity contribution in [1.29, 1.82) is 0 Å². The molecule has 1 unspecified atom stereocenters. The number of halogens is 2. The van der Waals surface area contributed by atoms with Gasteiger partial charge in [-0.15, -0.1) is 0 Å². The smallest absolute Gasteiger partial charge is 0.242 e. The standard InChI is InChI=1S/C14H14BrFN2O2S/c1-9(10-2-4-11(16)5-3-10)18-21(19,20)14-8-12(17)6-7-13(14)15/h2-9,18H,17H2,1H3. The Morgan fingerprint density at radius 1 is 1.19 bits per heavy atom. The van der Waals surface area contributed by atoms with Crippen molar-refractivity contribution in [2.75, 3.05) is 5.73 Å². The highest BCUT2D eigenvalue weighted by molar-refractivity contribution is 9.10. The first kappa shape index (κ1) is 15.9. The number of nitrogens with one attached hydrogen (secondary N) is 1. The van der Waals surface area contributed by atoms with Gasteiger partial charge >= 0.3 is 0 Å². The summed E-state index contributed by atoms with van der Waals surface area (Å²) in [5.41, 5.74) is 6.65. The van der Waals surface area contributed by atoms with Crippen LogP contribution in [0.15, 0.2) is 51.8 Å². The lowest BCUT2D eigenvalue weighted by molar-refractivity contribution is 0.566. The molecule has 0 saturated carbocycles. The van der Waals surface area contributed by atoms with Gasteiger partial charge in [-0.1, -0.05) is 12.1 Å². The zero-order chi connectivity index (χ0) is 15.6. The number of hydrogen-bond donors (Lipinski definition) is 2. The number of nitrogens with two attached hydrogens (primary N) is 1. The minimum Gasteiger partial charge on any atom is -0.399 e. The molecule has 2 aromatic rings. The fourth-order valence-electron chi connectivity index (χ4n) is 1.84.